The summed E-state index contributed by atoms with van der Waals surface area (Å²) in [7, 11) is 0. The minimum absolute atomic E-state index is 0.446. The van der Waals surface area contributed by atoms with Crippen molar-refractivity contribution in [1.82, 2.24) is 0 Å². The second-order valence-corrected chi connectivity index (χ2v) is 6.32. The van der Waals surface area contributed by atoms with Crippen molar-refractivity contribution in [3.05, 3.63) is 35.4 Å². The van der Waals surface area contributed by atoms with Crippen molar-refractivity contribution in [2.24, 2.45) is 0 Å². The number of benzene rings is 2. The van der Waals surface area contributed by atoms with Gasteiger partial charge in [0.15, 0.2) is 0 Å². The van der Waals surface area contributed by atoms with E-state index in [9.17, 15) is 0 Å². The second-order valence-electron chi connectivity index (χ2n) is 5.53. The average Bonchev–Trinajstić information content (AvgIpc) is 2.57. The number of ether oxygens (including phenoxy) is 2. The highest BCUT2D eigenvalue weighted by atomic mass is 35.5. The summed E-state index contributed by atoms with van der Waals surface area (Å²) < 4.78 is 11.7. The van der Waals surface area contributed by atoms with E-state index in [1.807, 2.05) is 30.3 Å². The number of halogens is 2. The van der Waals surface area contributed by atoms with Crippen LogP contribution in [0.25, 0.3) is 10.8 Å². The maximum atomic E-state index is 6.41. The fourth-order valence-corrected chi connectivity index (χ4v) is 2.91. The predicted octanol–water partition coefficient (Wildman–Crippen LogP) is 6.46. The van der Waals surface area contributed by atoms with Crippen LogP contribution in [0, 0.1) is 0 Å². The van der Waals surface area contributed by atoms with Gasteiger partial charge >= 0.3 is 0 Å². The van der Waals surface area contributed by atoms with Crippen LogP contribution in [0.3, 0.4) is 0 Å². The molecule has 0 amide bonds. The van der Waals surface area contributed by atoms with E-state index in [1.165, 1.54) is 25.7 Å². The third-order valence-electron chi connectivity index (χ3n) is 3.74. The lowest BCUT2D eigenvalue weighted by Crippen LogP contribution is -2.02. The van der Waals surface area contributed by atoms with Crippen LogP contribution >= 0.6 is 23.2 Å². The Bertz CT molecular complexity index is 614. The van der Waals surface area contributed by atoms with Gasteiger partial charge in [0, 0.05) is 16.8 Å². The van der Waals surface area contributed by atoms with Gasteiger partial charge in [0.25, 0.3) is 0 Å². The molecule has 0 radical (unpaired) electrons. The SMILES string of the molecule is CCCCCCCOc1c(Cl)cc(OCCCl)c2ccccc12. The van der Waals surface area contributed by atoms with Crippen molar-refractivity contribution < 1.29 is 9.47 Å². The quantitative estimate of drug-likeness (QED) is 0.360. The zero-order chi connectivity index (χ0) is 16.5. The fourth-order valence-electron chi connectivity index (χ4n) is 2.58. The highest BCUT2D eigenvalue weighted by Gasteiger charge is 2.13. The Hall–Kier alpha value is -1.12. The molecule has 0 aliphatic heterocycles. The summed E-state index contributed by atoms with van der Waals surface area (Å²) in [6, 6.07) is 9.82. The van der Waals surface area contributed by atoms with Crippen LogP contribution in [0.1, 0.15) is 39.0 Å². The van der Waals surface area contributed by atoms with E-state index in [2.05, 4.69) is 6.92 Å². The lowest BCUT2D eigenvalue weighted by molar-refractivity contribution is 0.307. The molecule has 0 aliphatic rings. The normalized spacial score (nSPS) is 10.9. The van der Waals surface area contributed by atoms with Crippen molar-refractivity contribution >= 4 is 34.0 Å². The van der Waals surface area contributed by atoms with Crippen molar-refractivity contribution in [3.8, 4) is 11.5 Å². The molecule has 23 heavy (non-hydrogen) atoms. The van der Waals surface area contributed by atoms with E-state index in [0.29, 0.717) is 24.1 Å². The molecule has 0 atom stereocenters. The number of rotatable bonds is 10. The lowest BCUT2D eigenvalue weighted by atomic mass is 10.1. The summed E-state index contributed by atoms with van der Waals surface area (Å²) in [5, 5.41) is 2.57. The molecule has 2 aromatic carbocycles. The molecule has 0 spiro atoms. The van der Waals surface area contributed by atoms with Gasteiger partial charge in [-0.1, -0.05) is 68.5 Å². The van der Waals surface area contributed by atoms with Gasteiger partial charge in [-0.3, -0.25) is 0 Å². The minimum Gasteiger partial charge on any atom is -0.492 e. The molecule has 126 valence electrons. The van der Waals surface area contributed by atoms with Gasteiger partial charge in [-0.2, -0.15) is 0 Å². The van der Waals surface area contributed by atoms with Gasteiger partial charge in [-0.25, -0.2) is 0 Å². The van der Waals surface area contributed by atoms with E-state index in [1.54, 1.807) is 0 Å². The molecule has 0 saturated heterocycles. The predicted molar refractivity (Wildman–Crippen MR) is 99.4 cm³/mol. The Morgan fingerprint density at radius 3 is 2.39 bits per heavy atom. The Morgan fingerprint density at radius 2 is 1.65 bits per heavy atom. The van der Waals surface area contributed by atoms with Crippen molar-refractivity contribution in [1.29, 1.82) is 0 Å². The molecule has 0 aliphatic carbocycles. The summed E-state index contributed by atoms with van der Waals surface area (Å²) in [4.78, 5) is 0. The zero-order valence-corrected chi connectivity index (χ0v) is 15.1. The Kier molecular flexibility index (Phi) is 7.84. The Balaban J connectivity index is 2.12. The van der Waals surface area contributed by atoms with E-state index >= 15 is 0 Å². The van der Waals surface area contributed by atoms with Crippen molar-refractivity contribution in [2.75, 3.05) is 19.1 Å². The molecule has 0 bridgehead atoms. The van der Waals surface area contributed by atoms with E-state index in [4.69, 9.17) is 32.7 Å². The molecule has 2 aromatic rings. The van der Waals surface area contributed by atoms with Crippen LogP contribution < -0.4 is 9.47 Å². The Labute approximate surface area is 148 Å². The molecule has 0 aromatic heterocycles. The molecular formula is C19H24Cl2O2. The number of hydrogen-bond acceptors (Lipinski definition) is 2. The number of unbranched alkanes of at least 4 members (excludes halogenated alkanes) is 4. The van der Waals surface area contributed by atoms with E-state index in [-0.39, 0.29) is 0 Å². The van der Waals surface area contributed by atoms with Crippen LogP contribution in [0.4, 0.5) is 0 Å². The first-order chi connectivity index (χ1) is 11.3. The van der Waals surface area contributed by atoms with Crippen molar-refractivity contribution in [3.63, 3.8) is 0 Å². The van der Waals surface area contributed by atoms with Crippen molar-refractivity contribution in [2.45, 2.75) is 39.0 Å². The topological polar surface area (TPSA) is 18.5 Å². The number of fused-ring (bicyclic) bond motifs is 1. The lowest BCUT2D eigenvalue weighted by Gasteiger charge is -2.15. The first-order valence-electron chi connectivity index (χ1n) is 8.30. The molecule has 2 rings (SSSR count). The molecule has 0 unspecified atom stereocenters. The second kappa shape index (κ2) is 9.89. The third-order valence-corrected chi connectivity index (χ3v) is 4.18. The van der Waals surface area contributed by atoms with Crippen LogP contribution in [0.5, 0.6) is 11.5 Å². The molecular weight excluding hydrogens is 331 g/mol. The highest BCUT2D eigenvalue weighted by molar-refractivity contribution is 6.33. The van der Waals surface area contributed by atoms with Gasteiger partial charge in [0.2, 0.25) is 0 Å². The van der Waals surface area contributed by atoms with Gasteiger partial charge in [-0.05, 0) is 6.42 Å². The maximum absolute atomic E-state index is 6.41. The number of alkyl halides is 1. The maximum Gasteiger partial charge on any atom is 0.145 e. The fraction of sp³-hybridized carbons (Fsp3) is 0.474. The average molecular weight is 355 g/mol. The summed E-state index contributed by atoms with van der Waals surface area (Å²) in [5.41, 5.74) is 0. The monoisotopic (exact) mass is 354 g/mol. The minimum atomic E-state index is 0.446. The van der Waals surface area contributed by atoms with Gasteiger partial charge in [-0.15, -0.1) is 11.6 Å². The zero-order valence-electron chi connectivity index (χ0n) is 13.6. The standard InChI is InChI=1S/C19H24Cl2O2/c1-2-3-4-5-8-12-23-19-16-10-7-6-9-15(16)18(14-17(19)21)22-13-11-20/h6-7,9-10,14H,2-5,8,11-13H2,1H3. The number of hydrogen-bond donors (Lipinski definition) is 0. The van der Waals surface area contributed by atoms with Crippen LogP contribution in [0.15, 0.2) is 30.3 Å². The summed E-state index contributed by atoms with van der Waals surface area (Å²) in [6.07, 6.45) is 6.05. The first kappa shape index (κ1) is 18.2. The van der Waals surface area contributed by atoms with Gasteiger partial charge in [0.1, 0.15) is 18.1 Å². The molecule has 0 heterocycles. The molecule has 0 fully saturated rings. The molecule has 4 heteroatoms. The molecule has 0 saturated carbocycles. The smallest absolute Gasteiger partial charge is 0.145 e. The van der Waals surface area contributed by atoms with Gasteiger partial charge in [0.05, 0.1) is 17.5 Å². The highest BCUT2D eigenvalue weighted by Crippen LogP contribution is 2.39. The molecule has 2 nitrogen and oxygen atoms in total. The third kappa shape index (κ3) is 5.19. The summed E-state index contributed by atoms with van der Waals surface area (Å²) in [6.45, 7) is 3.37. The van der Waals surface area contributed by atoms with Crippen LogP contribution in [-0.4, -0.2) is 19.1 Å². The Morgan fingerprint density at radius 1 is 0.913 bits per heavy atom. The summed E-state index contributed by atoms with van der Waals surface area (Å²) in [5.74, 6) is 1.94. The molecule has 0 N–H and O–H groups in total. The van der Waals surface area contributed by atoms with Crippen LogP contribution in [-0.2, 0) is 0 Å². The van der Waals surface area contributed by atoms with E-state index in [0.717, 1.165) is 28.7 Å². The van der Waals surface area contributed by atoms with Gasteiger partial charge < -0.3 is 9.47 Å². The first-order valence-corrected chi connectivity index (χ1v) is 9.22. The van der Waals surface area contributed by atoms with Crippen LogP contribution in [0.2, 0.25) is 5.02 Å². The largest absolute Gasteiger partial charge is 0.492 e. The van der Waals surface area contributed by atoms with E-state index < -0.39 is 0 Å². The summed E-state index contributed by atoms with van der Waals surface area (Å²) >= 11 is 12.1.